The highest BCUT2D eigenvalue weighted by atomic mass is 32.1. The number of aromatic nitrogens is 2. The first-order valence-electron chi connectivity index (χ1n) is 7.75. The first-order valence-corrected chi connectivity index (χ1v) is 8.63. The predicted octanol–water partition coefficient (Wildman–Crippen LogP) is 1.88. The molecule has 0 aliphatic carbocycles. The van der Waals surface area contributed by atoms with Crippen molar-refractivity contribution < 1.29 is 14.7 Å². The number of hydrogen-bond donors (Lipinski definition) is 2. The number of carbonyl (C=O) groups is 2. The third-order valence-corrected chi connectivity index (χ3v) is 4.90. The van der Waals surface area contributed by atoms with Crippen molar-refractivity contribution in [3.63, 3.8) is 0 Å². The molecule has 0 spiro atoms. The number of anilines is 1. The molecule has 1 saturated heterocycles. The molecular formula is C16H18N4O3S. The van der Waals surface area contributed by atoms with E-state index >= 15 is 0 Å². The van der Waals surface area contributed by atoms with Gasteiger partial charge < -0.3 is 15.3 Å². The summed E-state index contributed by atoms with van der Waals surface area (Å²) >= 11 is 1.15. The number of piperidine rings is 1. The van der Waals surface area contributed by atoms with E-state index in [-0.39, 0.29) is 11.5 Å². The van der Waals surface area contributed by atoms with Gasteiger partial charge in [-0.25, -0.2) is 14.8 Å². The minimum absolute atomic E-state index is 0.148. The molecule has 1 amide bonds. The molecule has 8 heteroatoms. The van der Waals surface area contributed by atoms with Crippen molar-refractivity contribution in [3.8, 4) is 0 Å². The lowest BCUT2D eigenvalue weighted by atomic mass is 9.98. The van der Waals surface area contributed by atoms with Crippen LogP contribution >= 0.6 is 11.3 Å². The summed E-state index contributed by atoms with van der Waals surface area (Å²) in [5.41, 5.74) is 0.148. The molecule has 1 fully saturated rings. The Morgan fingerprint density at radius 1 is 1.38 bits per heavy atom. The third-order valence-electron chi connectivity index (χ3n) is 3.98. The molecule has 2 aromatic rings. The molecule has 1 atom stereocenters. The van der Waals surface area contributed by atoms with Gasteiger partial charge in [0.15, 0.2) is 0 Å². The van der Waals surface area contributed by atoms with Crippen molar-refractivity contribution in [3.05, 3.63) is 40.3 Å². The lowest BCUT2D eigenvalue weighted by Crippen LogP contribution is -2.41. The van der Waals surface area contributed by atoms with Crippen LogP contribution in [0.5, 0.6) is 0 Å². The standard InChI is InChI=1S/C16H18N4O3S/c21-14(13-7-12(10-24-13)15(22)23)19-8-11-3-1-6-20(9-11)16-17-4-2-5-18-16/h2,4-5,7,10-11H,1,3,6,8-9H2,(H,19,21)(H,22,23). The van der Waals surface area contributed by atoms with Crippen LogP contribution in [0.15, 0.2) is 29.9 Å². The van der Waals surface area contributed by atoms with Gasteiger partial charge >= 0.3 is 5.97 Å². The molecular weight excluding hydrogens is 328 g/mol. The molecule has 1 aliphatic heterocycles. The summed E-state index contributed by atoms with van der Waals surface area (Å²) in [6.45, 7) is 2.28. The van der Waals surface area contributed by atoms with Gasteiger partial charge in [-0.05, 0) is 30.9 Å². The Kier molecular flexibility index (Phi) is 5.05. The lowest BCUT2D eigenvalue weighted by molar-refractivity contribution is 0.0697. The average Bonchev–Trinajstić information content (AvgIpc) is 3.11. The Morgan fingerprint density at radius 3 is 2.88 bits per heavy atom. The summed E-state index contributed by atoms with van der Waals surface area (Å²) in [6, 6.07) is 3.20. The second-order valence-electron chi connectivity index (χ2n) is 5.72. The van der Waals surface area contributed by atoms with E-state index in [4.69, 9.17) is 5.11 Å². The van der Waals surface area contributed by atoms with Crippen molar-refractivity contribution in [1.29, 1.82) is 0 Å². The average molecular weight is 346 g/mol. The van der Waals surface area contributed by atoms with Crippen molar-refractivity contribution in [2.75, 3.05) is 24.5 Å². The van der Waals surface area contributed by atoms with E-state index in [0.717, 1.165) is 43.2 Å². The summed E-state index contributed by atoms with van der Waals surface area (Å²) in [5, 5.41) is 13.3. The molecule has 3 heterocycles. The molecule has 1 aliphatic rings. The molecule has 1 unspecified atom stereocenters. The summed E-state index contributed by atoms with van der Waals surface area (Å²) in [4.78, 5) is 34.1. The molecule has 2 N–H and O–H groups in total. The Labute approximate surface area is 143 Å². The van der Waals surface area contributed by atoms with Crippen LogP contribution < -0.4 is 10.2 Å². The maximum absolute atomic E-state index is 12.1. The monoisotopic (exact) mass is 346 g/mol. The van der Waals surface area contributed by atoms with Crippen LogP contribution in [0.2, 0.25) is 0 Å². The van der Waals surface area contributed by atoms with Crippen LogP contribution in [0.1, 0.15) is 32.9 Å². The van der Waals surface area contributed by atoms with Crippen molar-refractivity contribution in [2.45, 2.75) is 12.8 Å². The molecule has 126 valence electrons. The zero-order valence-electron chi connectivity index (χ0n) is 13.0. The summed E-state index contributed by atoms with van der Waals surface area (Å²) in [5.74, 6) is -0.194. The van der Waals surface area contributed by atoms with Gasteiger partial charge in [0.05, 0.1) is 10.4 Å². The smallest absolute Gasteiger partial charge is 0.336 e. The minimum Gasteiger partial charge on any atom is -0.478 e. The first kappa shape index (κ1) is 16.4. The van der Waals surface area contributed by atoms with Gasteiger partial charge in [0.25, 0.3) is 5.91 Å². The van der Waals surface area contributed by atoms with Crippen LogP contribution in [0.4, 0.5) is 5.95 Å². The predicted molar refractivity (Wildman–Crippen MR) is 90.6 cm³/mol. The molecule has 3 rings (SSSR count). The van der Waals surface area contributed by atoms with E-state index in [1.807, 2.05) is 0 Å². The van der Waals surface area contributed by atoms with Gasteiger partial charge in [-0.3, -0.25) is 4.79 Å². The summed E-state index contributed by atoms with van der Waals surface area (Å²) in [7, 11) is 0. The summed E-state index contributed by atoms with van der Waals surface area (Å²) < 4.78 is 0. The Balaban J connectivity index is 1.54. The van der Waals surface area contributed by atoms with Crippen LogP contribution in [0.3, 0.4) is 0 Å². The lowest BCUT2D eigenvalue weighted by Gasteiger charge is -2.32. The van der Waals surface area contributed by atoms with E-state index in [1.54, 1.807) is 18.5 Å². The molecule has 24 heavy (non-hydrogen) atoms. The topological polar surface area (TPSA) is 95.4 Å². The zero-order valence-corrected chi connectivity index (χ0v) is 13.8. The second-order valence-corrected chi connectivity index (χ2v) is 6.63. The van der Waals surface area contributed by atoms with Crippen molar-refractivity contribution in [1.82, 2.24) is 15.3 Å². The Morgan fingerprint density at radius 2 is 2.17 bits per heavy atom. The molecule has 0 radical (unpaired) electrons. The molecule has 0 bridgehead atoms. The normalized spacial score (nSPS) is 17.5. The molecule has 2 aromatic heterocycles. The van der Waals surface area contributed by atoms with Gasteiger partial charge in [-0.1, -0.05) is 0 Å². The highest BCUT2D eigenvalue weighted by Gasteiger charge is 2.22. The van der Waals surface area contributed by atoms with Gasteiger partial charge in [-0.2, -0.15) is 0 Å². The first-order chi connectivity index (χ1) is 11.6. The fraction of sp³-hybridized carbons (Fsp3) is 0.375. The Hall–Kier alpha value is -2.48. The fourth-order valence-corrected chi connectivity index (χ4v) is 3.56. The van der Waals surface area contributed by atoms with Gasteiger partial charge in [0.2, 0.25) is 5.95 Å². The number of thiophene rings is 1. The third kappa shape index (κ3) is 3.88. The van der Waals surface area contributed by atoms with Gasteiger partial charge in [0.1, 0.15) is 0 Å². The molecule has 0 saturated carbocycles. The SMILES string of the molecule is O=C(O)c1csc(C(=O)NCC2CCCN(c3ncccn3)C2)c1. The summed E-state index contributed by atoms with van der Waals surface area (Å²) in [6.07, 6.45) is 5.52. The minimum atomic E-state index is -1.02. The van der Waals surface area contributed by atoms with Gasteiger partial charge in [-0.15, -0.1) is 11.3 Å². The van der Waals surface area contributed by atoms with Crippen LogP contribution in [-0.2, 0) is 0 Å². The van der Waals surface area contributed by atoms with E-state index < -0.39 is 5.97 Å². The maximum atomic E-state index is 12.1. The molecule has 0 aromatic carbocycles. The quantitative estimate of drug-likeness (QED) is 0.858. The fourth-order valence-electron chi connectivity index (χ4n) is 2.76. The zero-order chi connectivity index (χ0) is 16.9. The van der Waals surface area contributed by atoms with Gasteiger partial charge in [0, 0.05) is 37.4 Å². The van der Waals surface area contributed by atoms with E-state index in [9.17, 15) is 9.59 Å². The number of carbonyl (C=O) groups excluding carboxylic acids is 1. The number of rotatable bonds is 5. The van der Waals surface area contributed by atoms with Crippen LogP contribution in [-0.4, -0.2) is 46.6 Å². The number of nitrogens with zero attached hydrogens (tertiary/aromatic N) is 3. The van der Waals surface area contributed by atoms with E-state index in [2.05, 4.69) is 20.2 Å². The maximum Gasteiger partial charge on any atom is 0.336 e. The number of carboxylic acid groups (broad SMARTS) is 1. The Bertz CT molecular complexity index is 719. The number of nitrogens with one attached hydrogen (secondary N) is 1. The van der Waals surface area contributed by atoms with E-state index in [1.165, 1.54) is 11.4 Å². The number of amides is 1. The van der Waals surface area contributed by atoms with Crippen molar-refractivity contribution >= 4 is 29.2 Å². The number of aromatic carboxylic acids is 1. The van der Waals surface area contributed by atoms with E-state index in [0.29, 0.717) is 17.3 Å². The highest BCUT2D eigenvalue weighted by Crippen LogP contribution is 2.20. The highest BCUT2D eigenvalue weighted by molar-refractivity contribution is 7.12. The molecule has 7 nitrogen and oxygen atoms in total. The van der Waals surface area contributed by atoms with Crippen LogP contribution in [0, 0.1) is 5.92 Å². The number of hydrogen-bond acceptors (Lipinski definition) is 6. The largest absolute Gasteiger partial charge is 0.478 e. The number of carboxylic acids is 1. The van der Waals surface area contributed by atoms with Crippen molar-refractivity contribution in [2.24, 2.45) is 5.92 Å². The van der Waals surface area contributed by atoms with Crippen LogP contribution in [0.25, 0.3) is 0 Å². The second kappa shape index (κ2) is 7.39.